The van der Waals surface area contributed by atoms with Crippen LogP contribution in [-0.2, 0) is 6.54 Å². The van der Waals surface area contributed by atoms with Gasteiger partial charge in [-0.15, -0.1) is 0 Å². The Labute approximate surface area is 156 Å². The van der Waals surface area contributed by atoms with Gasteiger partial charge < -0.3 is 5.32 Å². The van der Waals surface area contributed by atoms with Gasteiger partial charge >= 0.3 is 0 Å². The molecule has 6 heteroatoms. The number of carbonyl (C=O) groups is 1. The first-order chi connectivity index (χ1) is 12.6. The molecule has 3 rings (SSSR count). The minimum atomic E-state index is -2.45. The number of benzene rings is 2. The second-order valence-electron chi connectivity index (χ2n) is 6.41. The second kappa shape index (κ2) is 9.14. The molecule has 2 aromatic rings. The Balaban J connectivity index is 1.46. The van der Waals surface area contributed by atoms with Crippen LogP contribution in [0.25, 0.3) is 0 Å². The number of hydrogen-bond acceptors (Lipinski definition) is 3. The quantitative estimate of drug-likeness (QED) is 0.759. The molecule has 0 aromatic heterocycles. The number of rotatable bonds is 6. The number of carbonyl (C=O) groups excluding carboxylic acids is 1. The van der Waals surface area contributed by atoms with Gasteiger partial charge in [0.05, 0.1) is 0 Å². The molecule has 0 unspecified atom stereocenters. The maximum absolute atomic E-state index is 12.3. The molecule has 1 saturated heterocycles. The molecule has 26 heavy (non-hydrogen) atoms. The van der Waals surface area contributed by atoms with Gasteiger partial charge in [-0.1, -0.05) is 42.1 Å². The van der Waals surface area contributed by atoms with E-state index >= 15 is 0 Å². The molecule has 1 aliphatic rings. The molecule has 0 bridgehead atoms. The highest BCUT2D eigenvalue weighted by atomic mass is 32.2. The van der Waals surface area contributed by atoms with E-state index in [1.807, 2.05) is 18.2 Å². The minimum Gasteiger partial charge on any atom is -0.349 e. The number of likely N-dealkylation sites (tertiary alicyclic amines) is 1. The van der Waals surface area contributed by atoms with E-state index in [1.54, 1.807) is 24.3 Å². The lowest BCUT2D eigenvalue weighted by atomic mass is 10.0. The molecule has 1 N–H and O–H groups in total. The fraction of sp³-hybridized carbons (Fsp3) is 0.350. The van der Waals surface area contributed by atoms with Gasteiger partial charge in [0.1, 0.15) is 0 Å². The highest BCUT2D eigenvalue weighted by molar-refractivity contribution is 7.99. The zero-order chi connectivity index (χ0) is 18.4. The fourth-order valence-electron chi connectivity index (χ4n) is 3.13. The normalized spacial score (nSPS) is 16.0. The van der Waals surface area contributed by atoms with Crippen LogP contribution in [0.5, 0.6) is 0 Å². The van der Waals surface area contributed by atoms with Gasteiger partial charge in [-0.25, -0.2) is 0 Å². The Hall–Kier alpha value is -1.92. The lowest BCUT2D eigenvalue weighted by Crippen LogP contribution is -2.44. The summed E-state index contributed by atoms with van der Waals surface area (Å²) in [6.45, 7) is 2.83. The molecular weight excluding hydrogens is 354 g/mol. The summed E-state index contributed by atoms with van der Waals surface area (Å²) in [5.74, 6) is -2.59. The summed E-state index contributed by atoms with van der Waals surface area (Å²) in [6, 6.07) is 16.9. The van der Waals surface area contributed by atoms with Crippen LogP contribution in [-0.4, -0.2) is 35.7 Å². The van der Waals surface area contributed by atoms with E-state index < -0.39 is 5.76 Å². The molecule has 1 aliphatic heterocycles. The van der Waals surface area contributed by atoms with Gasteiger partial charge in [0.15, 0.2) is 0 Å². The average molecular weight is 376 g/mol. The van der Waals surface area contributed by atoms with E-state index in [2.05, 4.69) is 22.3 Å². The van der Waals surface area contributed by atoms with Crippen molar-refractivity contribution >= 4 is 17.7 Å². The summed E-state index contributed by atoms with van der Waals surface area (Å²) in [5.41, 5.74) is 1.81. The smallest absolute Gasteiger partial charge is 0.288 e. The average Bonchev–Trinajstić information content (AvgIpc) is 2.64. The second-order valence-corrected chi connectivity index (χ2v) is 7.48. The number of piperidine rings is 1. The third-order valence-corrected chi connectivity index (χ3v) is 5.24. The Morgan fingerprint density at radius 1 is 1.08 bits per heavy atom. The van der Waals surface area contributed by atoms with Crippen molar-refractivity contribution in [1.82, 2.24) is 10.2 Å². The van der Waals surface area contributed by atoms with Crippen molar-refractivity contribution in [2.45, 2.75) is 36.1 Å². The summed E-state index contributed by atoms with van der Waals surface area (Å²) < 4.78 is 24.7. The highest BCUT2D eigenvalue weighted by Crippen LogP contribution is 2.25. The molecule has 2 aromatic carbocycles. The van der Waals surface area contributed by atoms with Crippen LogP contribution in [0, 0.1) is 0 Å². The topological polar surface area (TPSA) is 32.3 Å². The third kappa shape index (κ3) is 5.54. The van der Waals surface area contributed by atoms with Crippen molar-refractivity contribution in [2.24, 2.45) is 0 Å². The number of nitrogens with one attached hydrogen (secondary N) is 1. The van der Waals surface area contributed by atoms with E-state index in [4.69, 9.17) is 0 Å². The standard InChI is InChI=1S/C20H22F2N2OS/c21-20(22)26-18-8-6-16(7-9-18)19(25)23-17-10-12-24(13-11-17)14-15-4-2-1-3-5-15/h1-9,17,20H,10-14H2,(H,23,25). The van der Waals surface area contributed by atoms with Crippen molar-refractivity contribution in [2.75, 3.05) is 13.1 Å². The van der Waals surface area contributed by atoms with E-state index in [1.165, 1.54) is 5.56 Å². The molecule has 1 heterocycles. The Bertz CT molecular complexity index is 702. The van der Waals surface area contributed by atoms with Crippen LogP contribution >= 0.6 is 11.8 Å². The fourth-order valence-corrected chi connectivity index (χ4v) is 3.63. The Kier molecular flexibility index (Phi) is 6.63. The zero-order valence-corrected chi connectivity index (χ0v) is 15.2. The monoisotopic (exact) mass is 376 g/mol. The first-order valence-corrected chi connectivity index (χ1v) is 9.60. The van der Waals surface area contributed by atoms with Crippen molar-refractivity contribution in [3.05, 3.63) is 65.7 Å². The number of thioether (sulfide) groups is 1. The van der Waals surface area contributed by atoms with Crippen LogP contribution < -0.4 is 5.32 Å². The largest absolute Gasteiger partial charge is 0.349 e. The Morgan fingerprint density at radius 3 is 2.35 bits per heavy atom. The lowest BCUT2D eigenvalue weighted by Gasteiger charge is -2.32. The summed E-state index contributed by atoms with van der Waals surface area (Å²) >= 11 is 0.485. The summed E-state index contributed by atoms with van der Waals surface area (Å²) in [5, 5.41) is 3.06. The van der Waals surface area contributed by atoms with Crippen molar-refractivity contribution in [1.29, 1.82) is 0 Å². The van der Waals surface area contributed by atoms with Crippen molar-refractivity contribution < 1.29 is 13.6 Å². The molecular formula is C20H22F2N2OS. The van der Waals surface area contributed by atoms with Gasteiger partial charge in [0.2, 0.25) is 0 Å². The van der Waals surface area contributed by atoms with E-state index in [0.29, 0.717) is 22.2 Å². The maximum atomic E-state index is 12.3. The SMILES string of the molecule is O=C(NC1CCN(Cc2ccccc2)CC1)c1ccc(SC(F)F)cc1. The number of halogens is 2. The van der Waals surface area contributed by atoms with Crippen LogP contribution in [0.1, 0.15) is 28.8 Å². The molecule has 1 fully saturated rings. The molecule has 0 atom stereocenters. The predicted octanol–water partition coefficient (Wildman–Crippen LogP) is 4.40. The van der Waals surface area contributed by atoms with Gasteiger partial charge in [0.25, 0.3) is 11.7 Å². The van der Waals surface area contributed by atoms with Crippen LogP contribution in [0.3, 0.4) is 0 Å². The number of hydrogen-bond donors (Lipinski definition) is 1. The van der Waals surface area contributed by atoms with Gasteiger partial charge in [-0.3, -0.25) is 9.69 Å². The molecule has 0 radical (unpaired) electrons. The number of alkyl halides is 2. The van der Waals surface area contributed by atoms with E-state index in [-0.39, 0.29) is 11.9 Å². The van der Waals surface area contributed by atoms with E-state index in [0.717, 1.165) is 32.5 Å². The molecule has 0 saturated carbocycles. The predicted molar refractivity (Wildman–Crippen MR) is 101 cm³/mol. The van der Waals surface area contributed by atoms with Crippen molar-refractivity contribution in [3.8, 4) is 0 Å². The maximum Gasteiger partial charge on any atom is 0.288 e. The summed E-state index contributed by atoms with van der Waals surface area (Å²) in [7, 11) is 0. The summed E-state index contributed by atoms with van der Waals surface area (Å²) in [4.78, 5) is 15.2. The van der Waals surface area contributed by atoms with Crippen LogP contribution in [0.2, 0.25) is 0 Å². The molecule has 138 valence electrons. The van der Waals surface area contributed by atoms with Crippen LogP contribution in [0.4, 0.5) is 8.78 Å². The molecule has 1 amide bonds. The lowest BCUT2D eigenvalue weighted by molar-refractivity contribution is 0.0909. The molecule has 3 nitrogen and oxygen atoms in total. The van der Waals surface area contributed by atoms with Crippen molar-refractivity contribution in [3.63, 3.8) is 0 Å². The molecule has 0 aliphatic carbocycles. The Morgan fingerprint density at radius 2 is 1.73 bits per heavy atom. The summed E-state index contributed by atoms with van der Waals surface area (Å²) in [6.07, 6.45) is 1.83. The third-order valence-electron chi connectivity index (χ3n) is 4.51. The number of nitrogens with zero attached hydrogens (tertiary/aromatic N) is 1. The highest BCUT2D eigenvalue weighted by Gasteiger charge is 2.21. The van der Waals surface area contributed by atoms with Gasteiger partial charge in [-0.2, -0.15) is 8.78 Å². The van der Waals surface area contributed by atoms with Crippen LogP contribution in [0.15, 0.2) is 59.5 Å². The van der Waals surface area contributed by atoms with Gasteiger partial charge in [-0.05, 0) is 42.7 Å². The first-order valence-electron chi connectivity index (χ1n) is 8.72. The van der Waals surface area contributed by atoms with E-state index in [9.17, 15) is 13.6 Å². The first kappa shape index (κ1) is 18.9. The number of amides is 1. The van der Waals surface area contributed by atoms with Gasteiger partial charge in [0, 0.05) is 36.1 Å². The molecule has 0 spiro atoms. The zero-order valence-electron chi connectivity index (χ0n) is 14.4. The minimum absolute atomic E-state index is 0.139.